The largest absolute Gasteiger partial charge is 0.474 e. The summed E-state index contributed by atoms with van der Waals surface area (Å²) in [6, 6.07) is 3.53. The highest BCUT2D eigenvalue weighted by Crippen LogP contribution is 2.24. The van der Waals surface area contributed by atoms with Crippen LogP contribution in [0.2, 0.25) is 0 Å². The van der Waals surface area contributed by atoms with Crippen LogP contribution in [-0.2, 0) is 19.9 Å². The molecule has 3 heterocycles. The predicted molar refractivity (Wildman–Crippen MR) is 112 cm³/mol. The molecule has 0 bridgehead atoms. The molecule has 1 saturated heterocycles. The molecule has 0 saturated carbocycles. The summed E-state index contributed by atoms with van der Waals surface area (Å²) in [5.41, 5.74) is 2.91. The zero-order chi connectivity index (χ0) is 20.4. The molecule has 0 unspecified atom stereocenters. The van der Waals surface area contributed by atoms with Crippen molar-refractivity contribution in [3.8, 4) is 5.88 Å². The maximum atomic E-state index is 13.0. The standard InChI is InChI=1S/C22H28N4O3/c1-25-11-8-16(9-12-25)29-20-13-15(7-10-23-20)24-21(27)19-14-26(2)22(28)18-6-4-3-5-17(18)19/h7,10,13-14,16H,3-6,8-9,11-12H2,1-2H3,(H,23,24,27). The molecule has 1 aliphatic heterocycles. The van der Waals surface area contributed by atoms with E-state index in [1.54, 1.807) is 31.6 Å². The number of nitrogens with one attached hydrogen (secondary N) is 1. The van der Waals surface area contributed by atoms with Crippen LogP contribution in [0, 0.1) is 0 Å². The summed E-state index contributed by atoms with van der Waals surface area (Å²) in [6.07, 6.45) is 8.91. The summed E-state index contributed by atoms with van der Waals surface area (Å²) in [4.78, 5) is 32.0. The quantitative estimate of drug-likeness (QED) is 0.859. The van der Waals surface area contributed by atoms with Crippen LogP contribution >= 0.6 is 0 Å². The Hall–Kier alpha value is -2.67. The maximum absolute atomic E-state index is 13.0. The lowest BCUT2D eigenvalue weighted by Gasteiger charge is -2.29. The average Bonchev–Trinajstić information content (AvgIpc) is 2.72. The van der Waals surface area contributed by atoms with Crippen LogP contribution in [0.3, 0.4) is 0 Å². The van der Waals surface area contributed by atoms with Gasteiger partial charge in [-0.3, -0.25) is 9.59 Å². The first-order valence-corrected chi connectivity index (χ1v) is 10.4. The number of anilines is 1. The second-order valence-corrected chi connectivity index (χ2v) is 8.08. The number of rotatable bonds is 4. The lowest BCUT2D eigenvalue weighted by molar-refractivity contribution is 0.102. The Kier molecular flexibility index (Phi) is 5.67. The smallest absolute Gasteiger partial charge is 0.257 e. The van der Waals surface area contributed by atoms with Crippen LogP contribution in [0.25, 0.3) is 0 Å². The SMILES string of the molecule is CN1CCC(Oc2cc(NC(=O)c3cn(C)c(=O)c4c3CCCC4)ccn2)CC1. The number of carbonyl (C=O) groups is 1. The van der Waals surface area contributed by atoms with E-state index in [4.69, 9.17) is 4.74 Å². The second-order valence-electron chi connectivity index (χ2n) is 8.08. The number of pyridine rings is 2. The monoisotopic (exact) mass is 396 g/mol. The summed E-state index contributed by atoms with van der Waals surface area (Å²) < 4.78 is 7.54. The van der Waals surface area contributed by atoms with E-state index >= 15 is 0 Å². The molecule has 1 aliphatic carbocycles. The highest BCUT2D eigenvalue weighted by molar-refractivity contribution is 6.05. The van der Waals surface area contributed by atoms with Crippen molar-refractivity contribution in [3.63, 3.8) is 0 Å². The molecule has 7 nitrogen and oxygen atoms in total. The number of ether oxygens (including phenoxy) is 1. The molecular formula is C22H28N4O3. The molecule has 154 valence electrons. The van der Waals surface area contributed by atoms with Gasteiger partial charge in [-0.1, -0.05) is 0 Å². The van der Waals surface area contributed by atoms with E-state index in [1.807, 2.05) is 0 Å². The number of piperidine rings is 1. The summed E-state index contributed by atoms with van der Waals surface area (Å²) >= 11 is 0. The van der Waals surface area contributed by atoms with Crippen LogP contribution in [0.1, 0.15) is 47.2 Å². The lowest BCUT2D eigenvalue weighted by Crippen LogP contribution is -2.35. The van der Waals surface area contributed by atoms with Crippen molar-refractivity contribution >= 4 is 11.6 Å². The summed E-state index contributed by atoms with van der Waals surface area (Å²) in [5, 5.41) is 2.96. The zero-order valence-electron chi connectivity index (χ0n) is 17.1. The number of carbonyl (C=O) groups excluding carboxylic acids is 1. The van der Waals surface area contributed by atoms with Crippen molar-refractivity contribution in [1.29, 1.82) is 0 Å². The number of aromatic nitrogens is 2. The molecule has 1 amide bonds. The molecule has 7 heteroatoms. The molecule has 2 aliphatic rings. The van der Waals surface area contributed by atoms with Gasteiger partial charge in [0.1, 0.15) is 6.10 Å². The van der Waals surface area contributed by atoms with Crippen molar-refractivity contribution in [3.05, 3.63) is 51.6 Å². The first-order chi connectivity index (χ1) is 14.0. The van der Waals surface area contributed by atoms with Crippen LogP contribution in [0.4, 0.5) is 5.69 Å². The summed E-state index contributed by atoms with van der Waals surface area (Å²) in [5.74, 6) is 0.329. The van der Waals surface area contributed by atoms with Gasteiger partial charge in [-0.2, -0.15) is 0 Å². The lowest BCUT2D eigenvalue weighted by atomic mass is 9.89. The number of amides is 1. The van der Waals surface area contributed by atoms with Gasteiger partial charge in [0, 0.05) is 49.8 Å². The van der Waals surface area contributed by atoms with Gasteiger partial charge in [0.2, 0.25) is 5.88 Å². The minimum atomic E-state index is -0.199. The Balaban J connectivity index is 1.51. The Morgan fingerprint density at radius 1 is 1.17 bits per heavy atom. The molecule has 0 spiro atoms. The number of aryl methyl sites for hydroxylation is 1. The molecule has 4 rings (SSSR count). The van der Waals surface area contributed by atoms with E-state index < -0.39 is 0 Å². The van der Waals surface area contributed by atoms with E-state index in [0.29, 0.717) is 17.1 Å². The Morgan fingerprint density at radius 3 is 2.66 bits per heavy atom. The first kappa shape index (κ1) is 19.6. The Bertz CT molecular complexity index is 961. The topological polar surface area (TPSA) is 76.5 Å². The molecule has 0 atom stereocenters. The van der Waals surface area contributed by atoms with Crippen LogP contribution in [-0.4, -0.2) is 46.6 Å². The van der Waals surface area contributed by atoms with Gasteiger partial charge in [-0.25, -0.2) is 4.98 Å². The first-order valence-electron chi connectivity index (χ1n) is 10.4. The number of likely N-dealkylation sites (tertiary alicyclic amines) is 1. The molecule has 2 aromatic heterocycles. The minimum absolute atomic E-state index is 0.00831. The number of hydrogen-bond acceptors (Lipinski definition) is 5. The zero-order valence-corrected chi connectivity index (χ0v) is 17.1. The van der Waals surface area contributed by atoms with Gasteiger partial charge in [0.05, 0.1) is 5.56 Å². The third-order valence-electron chi connectivity index (χ3n) is 5.88. The molecule has 29 heavy (non-hydrogen) atoms. The highest BCUT2D eigenvalue weighted by atomic mass is 16.5. The Labute approximate surface area is 170 Å². The van der Waals surface area contributed by atoms with E-state index in [1.165, 1.54) is 4.57 Å². The maximum Gasteiger partial charge on any atom is 0.257 e. The van der Waals surface area contributed by atoms with Gasteiger partial charge < -0.3 is 19.5 Å². The van der Waals surface area contributed by atoms with E-state index in [-0.39, 0.29) is 17.6 Å². The molecule has 1 fully saturated rings. The van der Waals surface area contributed by atoms with Crippen LogP contribution in [0.5, 0.6) is 5.88 Å². The summed E-state index contributed by atoms with van der Waals surface area (Å²) in [6.45, 7) is 2.03. The molecule has 2 aromatic rings. The fourth-order valence-corrected chi connectivity index (χ4v) is 4.20. The van der Waals surface area contributed by atoms with Crippen LogP contribution in [0.15, 0.2) is 29.3 Å². The van der Waals surface area contributed by atoms with Crippen LogP contribution < -0.4 is 15.6 Å². The number of hydrogen-bond donors (Lipinski definition) is 1. The predicted octanol–water partition coefficient (Wildman–Crippen LogP) is 2.38. The minimum Gasteiger partial charge on any atom is -0.474 e. The van der Waals surface area contributed by atoms with E-state index in [0.717, 1.165) is 62.7 Å². The van der Waals surface area contributed by atoms with Gasteiger partial charge in [0.25, 0.3) is 11.5 Å². The highest BCUT2D eigenvalue weighted by Gasteiger charge is 2.22. The van der Waals surface area contributed by atoms with Crippen molar-refractivity contribution < 1.29 is 9.53 Å². The third-order valence-corrected chi connectivity index (χ3v) is 5.88. The van der Waals surface area contributed by atoms with Gasteiger partial charge in [-0.05, 0) is 57.2 Å². The number of nitrogens with zero attached hydrogens (tertiary/aromatic N) is 3. The molecule has 0 radical (unpaired) electrons. The normalized spacial score (nSPS) is 17.6. The molecule has 1 N–H and O–H groups in total. The molecule has 0 aromatic carbocycles. The van der Waals surface area contributed by atoms with Gasteiger partial charge in [-0.15, -0.1) is 0 Å². The van der Waals surface area contributed by atoms with Crippen molar-refractivity contribution in [1.82, 2.24) is 14.5 Å². The van der Waals surface area contributed by atoms with Crippen molar-refractivity contribution in [2.75, 3.05) is 25.5 Å². The van der Waals surface area contributed by atoms with Gasteiger partial charge >= 0.3 is 0 Å². The van der Waals surface area contributed by atoms with Crippen molar-refractivity contribution in [2.24, 2.45) is 7.05 Å². The molecular weight excluding hydrogens is 368 g/mol. The third kappa shape index (κ3) is 4.34. The van der Waals surface area contributed by atoms with E-state index in [9.17, 15) is 9.59 Å². The summed E-state index contributed by atoms with van der Waals surface area (Å²) in [7, 11) is 3.82. The Morgan fingerprint density at radius 2 is 1.90 bits per heavy atom. The second kappa shape index (κ2) is 8.37. The number of fused-ring (bicyclic) bond motifs is 1. The fourth-order valence-electron chi connectivity index (χ4n) is 4.20. The van der Waals surface area contributed by atoms with E-state index in [2.05, 4.69) is 22.2 Å². The van der Waals surface area contributed by atoms with Crippen molar-refractivity contribution in [2.45, 2.75) is 44.6 Å². The van der Waals surface area contributed by atoms with Gasteiger partial charge in [0.15, 0.2) is 0 Å². The average molecular weight is 396 g/mol. The fraction of sp³-hybridized carbons (Fsp3) is 0.500.